The van der Waals surface area contributed by atoms with E-state index in [-0.39, 0.29) is 30.8 Å². The summed E-state index contributed by atoms with van der Waals surface area (Å²) in [6.07, 6.45) is -0.563. The Kier molecular flexibility index (Phi) is 36.9. The van der Waals surface area contributed by atoms with Crippen LogP contribution in [0, 0.1) is 0 Å². The van der Waals surface area contributed by atoms with E-state index in [4.69, 9.17) is 37.3 Å². The molecule has 524 valence electrons. The Balaban J connectivity index is 0.000000312. The molecule has 0 radical (unpaired) electrons. The topological polar surface area (TPSA) is 469 Å². The van der Waals surface area contributed by atoms with Crippen molar-refractivity contribution in [2.24, 2.45) is 17.2 Å². The number of benzene rings is 6. The van der Waals surface area contributed by atoms with E-state index in [0.717, 1.165) is 16.7 Å². The third kappa shape index (κ3) is 31.4. The lowest BCUT2D eigenvalue weighted by atomic mass is 10.1. The number of nitrogens with two attached hydrogens (primary N) is 3. The largest absolute Gasteiger partial charge is 0.480 e. The molecule has 0 saturated carbocycles. The molecule has 0 bridgehead atoms. The molecule has 0 heterocycles. The predicted molar refractivity (Wildman–Crippen MR) is 370 cm³/mol. The van der Waals surface area contributed by atoms with Crippen LogP contribution < -0.4 is 49.1 Å². The summed E-state index contributed by atoms with van der Waals surface area (Å²) in [6.45, 7) is -0.206. The van der Waals surface area contributed by atoms with Gasteiger partial charge in [0.2, 0.25) is 23.6 Å². The van der Waals surface area contributed by atoms with Crippen molar-refractivity contribution in [1.82, 2.24) is 31.9 Å². The molecule has 6 aromatic carbocycles. The van der Waals surface area contributed by atoms with Crippen LogP contribution in [0.2, 0.25) is 0 Å². The summed E-state index contributed by atoms with van der Waals surface area (Å²) < 4.78 is 4.79. The van der Waals surface area contributed by atoms with E-state index in [1.165, 1.54) is 23.5 Å². The number of aliphatic carboxylic acids is 6. The van der Waals surface area contributed by atoms with Crippen LogP contribution in [0.3, 0.4) is 0 Å². The summed E-state index contributed by atoms with van der Waals surface area (Å²) in [6, 6.07) is 43.6. The van der Waals surface area contributed by atoms with Gasteiger partial charge >= 0.3 is 41.9 Å². The maximum atomic E-state index is 12.9. The Labute approximate surface area is 578 Å². The van der Waals surface area contributed by atoms with Crippen LogP contribution in [0.4, 0.5) is 4.79 Å². The van der Waals surface area contributed by atoms with Gasteiger partial charge in [0.15, 0.2) is 18.1 Å². The molecule has 0 fully saturated rings. The zero-order valence-corrected chi connectivity index (χ0v) is 55.5. The Morgan fingerprint density at radius 1 is 0.367 bits per heavy atom. The fourth-order valence-electron chi connectivity index (χ4n) is 8.55. The lowest BCUT2D eigenvalue weighted by Gasteiger charge is -2.22. The first kappa shape index (κ1) is 80.6. The molecule has 98 heavy (non-hydrogen) atoms. The van der Waals surface area contributed by atoms with E-state index in [0.29, 0.717) is 52.7 Å². The van der Waals surface area contributed by atoms with E-state index in [1.807, 2.05) is 91.0 Å². The van der Waals surface area contributed by atoms with Crippen molar-refractivity contribution in [2.45, 2.75) is 97.3 Å². The highest BCUT2D eigenvalue weighted by atomic mass is 32.2. The fourth-order valence-corrected chi connectivity index (χ4v) is 11.6. The Morgan fingerprint density at radius 2 is 0.673 bits per heavy atom. The summed E-state index contributed by atoms with van der Waals surface area (Å²) in [5, 5.41) is 70.9. The third-order valence-electron chi connectivity index (χ3n) is 13.9. The van der Waals surface area contributed by atoms with Gasteiger partial charge in [-0.25, -0.2) is 19.2 Å². The van der Waals surface area contributed by atoms with Gasteiger partial charge in [-0.3, -0.25) is 33.6 Å². The minimum Gasteiger partial charge on any atom is -0.480 e. The van der Waals surface area contributed by atoms with E-state index >= 15 is 0 Å². The molecule has 30 heteroatoms. The van der Waals surface area contributed by atoms with Gasteiger partial charge in [-0.2, -0.15) is 35.3 Å². The lowest BCUT2D eigenvalue weighted by molar-refractivity contribution is -0.142. The molecule has 5 amide bonds. The van der Waals surface area contributed by atoms with Crippen LogP contribution in [0.25, 0.3) is 0 Å². The van der Waals surface area contributed by atoms with Crippen LogP contribution in [0.5, 0.6) is 0 Å². The van der Waals surface area contributed by atoms with Crippen LogP contribution in [0.1, 0.15) is 77.2 Å². The monoisotopic (exact) mass is 1410 g/mol. The summed E-state index contributed by atoms with van der Waals surface area (Å²) in [4.78, 5) is 131. The number of hydrogen-bond donors (Lipinski definition) is 15. The molecule has 6 aromatic rings. The maximum absolute atomic E-state index is 12.9. The normalized spacial score (nSPS) is 13.4. The SMILES string of the molecule is N[C@@H](CCCN[C@@H](CSCc1ccccc1)C(=O)N[C@@H](C(=O)O)c1ccccc1)C(=O)O.N[C@@H](COC(=O)N[C@@H](CSCc1ccccc1)C(=O)N[C@@H](C(=O)O)c1ccccc1)C(=O)O.N[C@H](CCC(=O)N[C@@H](CSCc1ccccc1)C(=O)N[C@@H](C(=O)O)c1ccccc1)C(=O)O. The van der Waals surface area contributed by atoms with Crippen LogP contribution >= 0.6 is 35.3 Å². The van der Waals surface area contributed by atoms with Crippen molar-refractivity contribution in [3.05, 3.63) is 215 Å². The molecule has 6 rings (SSSR count). The Morgan fingerprint density at radius 3 is 1.01 bits per heavy atom. The van der Waals surface area contributed by atoms with Crippen molar-refractivity contribution < 1.29 is 88.1 Å². The zero-order chi connectivity index (χ0) is 71.8. The lowest BCUT2D eigenvalue weighted by Crippen LogP contribution is -2.51. The van der Waals surface area contributed by atoms with Gasteiger partial charge < -0.3 is 84.5 Å². The molecule has 18 N–H and O–H groups in total. The van der Waals surface area contributed by atoms with Gasteiger partial charge in [-0.1, -0.05) is 182 Å². The van der Waals surface area contributed by atoms with Gasteiger partial charge in [0.1, 0.15) is 36.8 Å². The summed E-state index contributed by atoms with van der Waals surface area (Å²) >= 11 is 4.31. The number of alkyl carbamates (subject to hydrolysis) is 1. The molecule has 0 spiro atoms. The van der Waals surface area contributed by atoms with Gasteiger partial charge in [-0.15, -0.1) is 0 Å². The first-order valence-corrected chi connectivity index (χ1v) is 33.9. The average molecular weight is 1410 g/mol. The first-order valence-electron chi connectivity index (χ1n) is 30.4. The van der Waals surface area contributed by atoms with Gasteiger partial charge in [0.25, 0.3) is 0 Å². The number of ether oxygens (including phenoxy) is 1. The minimum absolute atomic E-state index is 0.0889. The molecule has 0 aliphatic carbocycles. The van der Waals surface area contributed by atoms with Gasteiger partial charge in [-0.05, 0) is 59.2 Å². The molecule has 0 unspecified atom stereocenters. The Hall–Kier alpha value is -9.82. The highest BCUT2D eigenvalue weighted by Crippen LogP contribution is 2.20. The molecule has 0 aliphatic rings. The molecular formula is C68H81N9O18S3. The first-order chi connectivity index (χ1) is 46.9. The maximum Gasteiger partial charge on any atom is 0.407 e. The second kappa shape index (κ2) is 44.8. The quantitative estimate of drug-likeness (QED) is 0.0228. The highest BCUT2D eigenvalue weighted by Gasteiger charge is 2.31. The van der Waals surface area contributed by atoms with Crippen molar-refractivity contribution in [1.29, 1.82) is 0 Å². The molecule has 27 nitrogen and oxygen atoms in total. The van der Waals surface area contributed by atoms with Crippen molar-refractivity contribution in [3.63, 3.8) is 0 Å². The van der Waals surface area contributed by atoms with Crippen LogP contribution in [-0.2, 0) is 69.9 Å². The summed E-state index contributed by atoms with van der Waals surface area (Å²) in [7, 11) is 0. The van der Waals surface area contributed by atoms with E-state index in [9.17, 15) is 68.1 Å². The number of thioether (sulfide) groups is 3. The zero-order valence-electron chi connectivity index (χ0n) is 53.0. The Bertz CT molecular complexity index is 3320. The molecule has 9 atom stereocenters. The second-order valence-electron chi connectivity index (χ2n) is 21.5. The van der Waals surface area contributed by atoms with Gasteiger partial charge in [0.05, 0.1) is 6.04 Å². The van der Waals surface area contributed by atoms with Gasteiger partial charge in [0, 0.05) is 40.9 Å². The smallest absolute Gasteiger partial charge is 0.407 e. The third-order valence-corrected chi connectivity index (χ3v) is 17.2. The summed E-state index contributed by atoms with van der Waals surface area (Å²) in [5.41, 5.74) is 20.7. The minimum atomic E-state index is -1.41. The highest BCUT2D eigenvalue weighted by molar-refractivity contribution is 7.99. The molecule has 0 aliphatic heterocycles. The van der Waals surface area contributed by atoms with Crippen LogP contribution in [-0.4, -0.2) is 163 Å². The fraction of sp³-hybridized carbons (Fsp3) is 0.309. The number of hydrogen-bond acceptors (Lipinski definition) is 19. The number of carbonyl (C=O) groups excluding carboxylic acids is 5. The second-order valence-corrected chi connectivity index (χ2v) is 24.6. The van der Waals surface area contributed by atoms with E-state index in [2.05, 4.69) is 31.9 Å². The molecular weight excluding hydrogens is 1330 g/mol. The van der Waals surface area contributed by atoms with E-state index < -0.39 is 127 Å². The van der Waals surface area contributed by atoms with E-state index in [1.54, 1.807) is 103 Å². The van der Waals surface area contributed by atoms with Crippen molar-refractivity contribution in [2.75, 3.05) is 30.4 Å². The average Bonchev–Trinajstić information content (AvgIpc) is 0.880. The number of carbonyl (C=O) groups is 11. The molecule has 0 saturated heterocycles. The molecule has 0 aromatic heterocycles. The van der Waals surface area contributed by atoms with Crippen molar-refractivity contribution >= 4 is 101 Å². The number of nitrogens with one attached hydrogen (secondary N) is 6. The van der Waals surface area contributed by atoms with Crippen molar-refractivity contribution in [3.8, 4) is 0 Å². The number of amides is 5. The number of carboxylic acid groups (broad SMARTS) is 6. The predicted octanol–water partition coefficient (Wildman–Crippen LogP) is 4.92. The van der Waals surface area contributed by atoms with Crippen LogP contribution in [0.15, 0.2) is 182 Å². The standard InChI is InChI=1S/C23H27N3O6S.C23H29N3O5S.C22H25N3O7S/c24-17(22(29)30)11-12-19(27)25-18(14-33-13-15-7-3-1-4-8-15)21(28)26-20(23(31)32)16-9-5-2-6-10-16;24-18(22(28)29)12-7-13-25-19(15-32-14-16-8-3-1-4-9-16)21(27)26-20(23(30)31)17-10-5-2-6-11-17;23-16(20(27)28)11-32-22(31)24-17(13-33-12-14-7-3-1-4-8-14)19(26)25-18(21(29)30)15-9-5-2-6-10-15/h1-10,17-18,20H,11-14,24H2,(H,25,27)(H,26,28)(H,29,30)(H,31,32);1-6,8-11,18-20,25H,7,12-15,24H2,(H,26,27)(H,28,29)(H,30,31);1-10,16-18H,11-13,23H2,(H,24,31)(H,25,26)(H,27,28)(H,29,30)/t17-,18+,20-;18-,19-,20+;16-,17-,18+/m100/s1. The summed E-state index contributed by atoms with van der Waals surface area (Å²) in [5.74, 6) is -7.05. The number of rotatable bonds is 39. The number of carboxylic acids is 6.